The Balaban J connectivity index is 1.90. The van der Waals surface area contributed by atoms with Gasteiger partial charge >= 0.3 is 0 Å². The Kier molecular flexibility index (Phi) is 5.04. The van der Waals surface area contributed by atoms with Crippen LogP contribution < -0.4 is 10.6 Å². The molecular formula is C16H23N3. The second kappa shape index (κ2) is 7.00. The number of nitrogens with two attached hydrogens (primary N) is 1. The number of benzene rings is 1. The smallest absolute Gasteiger partial charge is 0.0546 e. The van der Waals surface area contributed by atoms with Gasteiger partial charge in [0.25, 0.3) is 0 Å². The highest BCUT2D eigenvalue weighted by atomic mass is 15.1. The van der Waals surface area contributed by atoms with Crippen LogP contribution in [0.2, 0.25) is 0 Å². The Bertz CT molecular complexity index is 476. The molecule has 2 aromatic rings. The maximum atomic E-state index is 5.51. The van der Waals surface area contributed by atoms with E-state index in [-0.39, 0.29) is 0 Å². The minimum absolute atomic E-state index is 0.780. The Morgan fingerprint density at radius 1 is 1.11 bits per heavy atom. The third kappa shape index (κ3) is 4.14. The zero-order valence-electron chi connectivity index (χ0n) is 11.6. The topological polar surface area (TPSA) is 34.2 Å². The molecule has 0 aliphatic carbocycles. The fourth-order valence-electron chi connectivity index (χ4n) is 2.18. The first-order chi connectivity index (χ1) is 9.29. The van der Waals surface area contributed by atoms with E-state index in [2.05, 4.69) is 65.3 Å². The van der Waals surface area contributed by atoms with Crippen LogP contribution in [0.4, 0.5) is 5.69 Å². The summed E-state index contributed by atoms with van der Waals surface area (Å²) in [6.45, 7) is 2.77. The van der Waals surface area contributed by atoms with E-state index < -0.39 is 0 Å². The van der Waals surface area contributed by atoms with Crippen LogP contribution in [-0.4, -0.2) is 18.2 Å². The Morgan fingerprint density at radius 2 is 1.89 bits per heavy atom. The molecule has 3 nitrogen and oxygen atoms in total. The summed E-state index contributed by atoms with van der Waals surface area (Å²) >= 11 is 0. The molecule has 0 atom stereocenters. The second-order valence-corrected chi connectivity index (χ2v) is 4.94. The largest absolute Gasteiger partial charge is 0.369 e. The minimum Gasteiger partial charge on any atom is -0.369 e. The van der Waals surface area contributed by atoms with Crippen LogP contribution in [0.1, 0.15) is 18.4 Å². The van der Waals surface area contributed by atoms with E-state index in [1.807, 2.05) is 0 Å². The van der Waals surface area contributed by atoms with Gasteiger partial charge in [0.2, 0.25) is 0 Å². The zero-order chi connectivity index (χ0) is 13.5. The molecule has 0 saturated heterocycles. The van der Waals surface area contributed by atoms with Crippen LogP contribution in [0, 0.1) is 0 Å². The molecule has 2 rings (SSSR count). The van der Waals surface area contributed by atoms with Gasteiger partial charge in [-0.25, -0.2) is 0 Å². The third-order valence-corrected chi connectivity index (χ3v) is 3.31. The third-order valence-electron chi connectivity index (χ3n) is 3.31. The molecule has 0 aliphatic heterocycles. The van der Waals surface area contributed by atoms with Crippen molar-refractivity contribution in [2.75, 3.05) is 18.5 Å². The highest BCUT2D eigenvalue weighted by molar-refractivity contribution is 5.44. The molecule has 2 N–H and O–H groups in total. The fraction of sp³-hybridized carbons (Fsp3) is 0.375. The summed E-state index contributed by atoms with van der Waals surface area (Å²) < 4.78 is 2.24. The SMILES string of the molecule is CN(Cc1ccccc1)c1ccn(CCCCN)c1. The number of hydrogen-bond donors (Lipinski definition) is 1. The molecule has 0 fully saturated rings. The molecule has 1 heterocycles. The van der Waals surface area contributed by atoms with Gasteiger partial charge in [-0.3, -0.25) is 0 Å². The van der Waals surface area contributed by atoms with Gasteiger partial charge in [-0.05, 0) is 31.0 Å². The van der Waals surface area contributed by atoms with Crippen molar-refractivity contribution in [1.82, 2.24) is 4.57 Å². The van der Waals surface area contributed by atoms with Crippen molar-refractivity contribution in [3.05, 3.63) is 54.4 Å². The molecule has 3 heteroatoms. The van der Waals surface area contributed by atoms with Crippen molar-refractivity contribution in [3.8, 4) is 0 Å². The normalized spacial score (nSPS) is 10.6. The monoisotopic (exact) mass is 257 g/mol. The predicted molar refractivity (Wildman–Crippen MR) is 81.3 cm³/mol. The lowest BCUT2D eigenvalue weighted by atomic mass is 10.2. The van der Waals surface area contributed by atoms with Gasteiger partial charge in [0.1, 0.15) is 0 Å². The Hall–Kier alpha value is -1.74. The first kappa shape index (κ1) is 13.7. The van der Waals surface area contributed by atoms with Crippen LogP contribution in [0.25, 0.3) is 0 Å². The van der Waals surface area contributed by atoms with Crippen molar-refractivity contribution in [3.63, 3.8) is 0 Å². The summed E-state index contributed by atoms with van der Waals surface area (Å²) in [7, 11) is 2.13. The van der Waals surface area contributed by atoms with Crippen molar-refractivity contribution in [2.45, 2.75) is 25.9 Å². The van der Waals surface area contributed by atoms with E-state index in [1.54, 1.807) is 0 Å². The fourth-order valence-corrected chi connectivity index (χ4v) is 2.18. The van der Waals surface area contributed by atoms with Gasteiger partial charge in [-0.1, -0.05) is 30.3 Å². The Morgan fingerprint density at radius 3 is 2.63 bits per heavy atom. The lowest BCUT2D eigenvalue weighted by molar-refractivity contribution is 0.617. The summed E-state index contributed by atoms with van der Waals surface area (Å²) in [5.41, 5.74) is 8.11. The van der Waals surface area contributed by atoms with E-state index in [0.29, 0.717) is 0 Å². The molecule has 0 radical (unpaired) electrons. The average molecular weight is 257 g/mol. The highest BCUT2D eigenvalue weighted by Gasteiger charge is 2.03. The summed E-state index contributed by atoms with van der Waals surface area (Å²) in [5.74, 6) is 0. The molecule has 0 amide bonds. The van der Waals surface area contributed by atoms with Crippen molar-refractivity contribution in [2.24, 2.45) is 5.73 Å². The van der Waals surface area contributed by atoms with Crippen LogP contribution in [-0.2, 0) is 13.1 Å². The maximum Gasteiger partial charge on any atom is 0.0546 e. The number of aryl methyl sites for hydroxylation is 1. The standard InChI is InChI=1S/C16H23N3/c1-18(13-15-7-3-2-4-8-15)16-9-12-19(14-16)11-6-5-10-17/h2-4,7-9,12,14H,5-6,10-11,13,17H2,1H3. The van der Waals surface area contributed by atoms with E-state index in [0.717, 1.165) is 32.5 Å². The van der Waals surface area contributed by atoms with E-state index in [4.69, 9.17) is 5.73 Å². The first-order valence-electron chi connectivity index (χ1n) is 6.90. The van der Waals surface area contributed by atoms with E-state index >= 15 is 0 Å². The lowest BCUT2D eigenvalue weighted by Crippen LogP contribution is -2.15. The van der Waals surface area contributed by atoms with Crippen LogP contribution in [0.3, 0.4) is 0 Å². The van der Waals surface area contributed by atoms with Crippen LogP contribution in [0.5, 0.6) is 0 Å². The maximum absolute atomic E-state index is 5.51. The number of anilines is 1. The Labute approximate surface area is 115 Å². The molecule has 1 aromatic heterocycles. The summed E-state index contributed by atoms with van der Waals surface area (Å²) in [6, 6.07) is 12.7. The van der Waals surface area contributed by atoms with Gasteiger partial charge in [-0.2, -0.15) is 0 Å². The van der Waals surface area contributed by atoms with Crippen molar-refractivity contribution in [1.29, 1.82) is 0 Å². The van der Waals surface area contributed by atoms with Crippen molar-refractivity contribution < 1.29 is 0 Å². The van der Waals surface area contributed by atoms with Gasteiger partial charge in [-0.15, -0.1) is 0 Å². The van der Waals surface area contributed by atoms with Gasteiger partial charge < -0.3 is 15.2 Å². The molecule has 1 aromatic carbocycles. The number of aromatic nitrogens is 1. The van der Waals surface area contributed by atoms with Crippen LogP contribution >= 0.6 is 0 Å². The number of hydrogen-bond acceptors (Lipinski definition) is 2. The van der Waals surface area contributed by atoms with Crippen LogP contribution in [0.15, 0.2) is 48.8 Å². The summed E-state index contributed by atoms with van der Waals surface area (Å²) in [4.78, 5) is 2.27. The second-order valence-electron chi connectivity index (χ2n) is 4.94. The first-order valence-corrected chi connectivity index (χ1v) is 6.90. The molecule has 102 valence electrons. The average Bonchev–Trinajstić information content (AvgIpc) is 2.89. The molecule has 0 aliphatic rings. The number of nitrogens with zero attached hydrogens (tertiary/aromatic N) is 2. The number of unbranched alkanes of at least 4 members (excludes halogenated alkanes) is 1. The molecule has 0 unspecified atom stereocenters. The van der Waals surface area contributed by atoms with Gasteiger partial charge in [0.15, 0.2) is 0 Å². The highest BCUT2D eigenvalue weighted by Crippen LogP contribution is 2.16. The van der Waals surface area contributed by atoms with Crippen molar-refractivity contribution >= 4 is 5.69 Å². The minimum atomic E-state index is 0.780. The van der Waals surface area contributed by atoms with Gasteiger partial charge in [0, 0.05) is 32.5 Å². The summed E-state index contributed by atoms with van der Waals surface area (Å²) in [6.07, 6.45) is 6.59. The molecular weight excluding hydrogens is 234 g/mol. The van der Waals surface area contributed by atoms with E-state index in [1.165, 1.54) is 11.3 Å². The summed E-state index contributed by atoms with van der Waals surface area (Å²) in [5, 5.41) is 0. The van der Waals surface area contributed by atoms with E-state index in [9.17, 15) is 0 Å². The molecule has 19 heavy (non-hydrogen) atoms. The molecule has 0 spiro atoms. The molecule has 0 saturated carbocycles. The quantitative estimate of drug-likeness (QED) is 0.774. The molecule has 0 bridgehead atoms. The zero-order valence-corrected chi connectivity index (χ0v) is 11.6. The lowest BCUT2D eigenvalue weighted by Gasteiger charge is -2.17. The van der Waals surface area contributed by atoms with Gasteiger partial charge in [0.05, 0.1) is 5.69 Å². The number of rotatable bonds is 7. The predicted octanol–water partition coefficient (Wildman–Crippen LogP) is 2.86.